The van der Waals surface area contributed by atoms with Gasteiger partial charge in [0.25, 0.3) is 0 Å². The van der Waals surface area contributed by atoms with E-state index in [2.05, 4.69) is 33.7 Å². The summed E-state index contributed by atoms with van der Waals surface area (Å²) in [5.74, 6) is 3.04. The lowest BCUT2D eigenvalue weighted by Crippen LogP contribution is -2.43. The second-order valence-corrected chi connectivity index (χ2v) is 6.80. The molecular formula is C16H21N5OS. The van der Waals surface area contributed by atoms with Gasteiger partial charge in [0.2, 0.25) is 0 Å². The Balaban J connectivity index is 1.53. The summed E-state index contributed by atoms with van der Waals surface area (Å²) >= 11 is 1.87. The molecule has 0 saturated heterocycles. The predicted molar refractivity (Wildman–Crippen MR) is 92.6 cm³/mol. The number of amides is 2. The fourth-order valence-corrected chi connectivity index (χ4v) is 3.29. The topological polar surface area (TPSA) is 71.8 Å². The van der Waals surface area contributed by atoms with Crippen LogP contribution in [0.2, 0.25) is 0 Å². The minimum Gasteiger partial charge on any atom is -0.333 e. The summed E-state index contributed by atoms with van der Waals surface area (Å²) < 4.78 is 1.86. The number of rotatable bonds is 5. The van der Waals surface area contributed by atoms with E-state index in [1.165, 1.54) is 5.56 Å². The van der Waals surface area contributed by atoms with Crippen molar-refractivity contribution in [2.75, 3.05) is 11.1 Å². The first-order valence-electron chi connectivity index (χ1n) is 7.85. The highest BCUT2D eigenvalue weighted by Gasteiger charge is 2.21. The molecule has 122 valence electrons. The second-order valence-electron chi connectivity index (χ2n) is 5.53. The van der Waals surface area contributed by atoms with Crippen molar-refractivity contribution in [3.8, 4) is 0 Å². The van der Waals surface area contributed by atoms with Gasteiger partial charge in [0.05, 0.1) is 12.6 Å². The molecule has 0 bridgehead atoms. The van der Waals surface area contributed by atoms with Crippen molar-refractivity contribution in [3.05, 3.63) is 42.0 Å². The van der Waals surface area contributed by atoms with Crippen LogP contribution in [0.1, 0.15) is 24.7 Å². The Bertz CT molecular complexity index is 672. The number of nitrogens with zero attached hydrogens (tertiary/aromatic N) is 3. The second kappa shape index (κ2) is 7.50. The first-order valence-corrected chi connectivity index (χ1v) is 9.01. The largest absolute Gasteiger partial charge is 0.333 e. The quantitative estimate of drug-likeness (QED) is 0.883. The number of anilines is 1. The molecule has 1 aliphatic rings. The van der Waals surface area contributed by atoms with Gasteiger partial charge in [-0.2, -0.15) is 16.9 Å². The Hall–Kier alpha value is -2.02. The summed E-state index contributed by atoms with van der Waals surface area (Å²) in [7, 11) is 0. The molecular weight excluding hydrogens is 310 g/mol. The fraction of sp³-hybridized carbons (Fsp3) is 0.438. The molecule has 23 heavy (non-hydrogen) atoms. The molecule has 7 heteroatoms. The molecule has 1 aromatic heterocycles. The predicted octanol–water partition coefficient (Wildman–Crippen LogP) is 2.67. The highest BCUT2D eigenvalue weighted by atomic mass is 32.2. The number of fused-ring (bicyclic) bond motifs is 1. The number of hydrogen-bond acceptors (Lipinski definition) is 4. The van der Waals surface area contributed by atoms with Crippen molar-refractivity contribution in [2.45, 2.75) is 38.1 Å². The maximum absolute atomic E-state index is 12.2. The van der Waals surface area contributed by atoms with Gasteiger partial charge in [-0.05, 0) is 29.9 Å². The number of aromatic nitrogens is 3. The summed E-state index contributed by atoms with van der Waals surface area (Å²) in [5.41, 5.74) is 2.05. The SMILES string of the molecule is CCSCc1cccc(NC(=O)N[C@@H]2CCc3ncnn3C2)c1. The molecule has 2 N–H and O–H groups in total. The van der Waals surface area contributed by atoms with Crippen molar-refractivity contribution in [1.82, 2.24) is 20.1 Å². The molecule has 6 nitrogen and oxygen atoms in total. The molecule has 1 aliphatic heterocycles. The highest BCUT2D eigenvalue weighted by Crippen LogP contribution is 2.17. The molecule has 0 spiro atoms. The first kappa shape index (κ1) is 15.9. The molecule has 0 unspecified atom stereocenters. The zero-order chi connectivity index (χ0) is 16.1. The summed E-state index contributed by atoms with van der Waals surface area (Å²) in [6, 6.07) is 7.92. The minimum atomic E-state index is -0.168. The van der Waals surface area contributed by atoms with Gasteiger partial charge in [-0.3, -0.25) is 0 Å². The molecule has 3 rings (SSSR count). The fourth-order valence-electron chi connectivity index (χ4n) is 2.67. The van der Waals surface area contributed by atoms with Crippen LogP contribution < -0.4 is 10.6 Å². The Kier molecular flexibility index (Phi) is 5.17. The zero-order valence-electron chi connectivity index (χ0n) is 13.2. The van der Waals surface area contributed by atoms with Gasteiger partial charge in [-0.1, -0.05) is 19.1 Å². The van der Waals surface area contributed by atoms with Gasteiger partial charge >= 0.3 is 6.03 Å². The van der Waals surface area contributed by atoms with Gasteiger partial charge in [0, 0.05) is 17.9 Å². The Morgan fingerprint density at radius 2 is 2.39 bits per heavy atom. The average Bonchev–Trinajstić information content (AvgIpc) is 3.01. The summed E-state index contributed by atoms with van der Waals surface area (Å²) in [6.07, 6.45) is 3.30. The van der Waals surface area contributed by atoms with Crippen LogP contribution >= 0.6 is 11.8 Å². The van der Waals surface area contributed by atoms with Crippen LogP contribution in [-0.2, 0) is 18.7 Å². The van der Waals surface area contributed by atoms with Gasteiger partial charge in [-0.25, -0.2) is 14.5 Å². The van der Waals surface area contributed by atoms with E-state index >= 15 is 0 Å². The zero-order valence-corrected chi connectivity index (χ0v) is 14.0. The van der Waals surface area contributed by atoms with Crippen molar-refractivity contribution < 1.29 is 4.79 Å². The lowest BCUT2D eigenvalue weighted by molar-refractivity contribution is 0.243. The maximum atomic E-state index is 12.2. The van der Waals surface area contributed by atoms with E-state index in [1.807, 2.05) is 34.6 Å². The van der Waals surface area contributed by atoms with E-state index in [9.17, 15) is 4.79 Å². The van der Waals surface area contributed by atoms with Crippen molar-refractivity contribution in [3.63, 3.8) is 0 Å². The van der Waals surface area contributed by atoms with Crippen LogP contribution in [0.5, 0.6) is 0 Å². The van der Waals surface area contributed by atoms with E-state index in [0.717, 1.165) is 35.9 Å². The van der Waals surface area contributed by atoms with E-state index in [-0.39, 0.29) is 12.1 Å². The number of benzene rings is 1. The van der Waals surface area contributed by atoms with Crippen LogP contribution in [0.25, 0.3) is 0 Å². The molecule has 1 atom stereocenters. The summed E-state index contributed by atoms with van der Waals surface area (Å²) in [6.45, 7) is 2.82. The highest BCUT2D eigenvalue weighted by molar-refractivity contribution is 7.98. The Labute approximate surface area is 140 Å². The molecule has 1 aromatic carbocycles. The summed E-state index contributed by atoms with van der Waals surface area (Å²) in [5, 5.41) is 10.1. The molecule has 2 aromatic rings. The number of hydrogen-bond donors (Lipinski definition) is 2. The number of nitrogens with one attached hydrogen (secondary N) is 2. The first-order chi connectivity index (χ1) is 11.2. The number of aryl methyl sites for hydroxylation is 1. The Morgan fingerprint density at radius 3 is 3.26 bits per heavy atom. The third kappa shape index (κ3) is 4.25. The number of carbonyl (C=O) groups is 1. The van der Waals surface area contributed by atoms with Crippen molar-refractivity contribution in [1.29, 1.82) is 0 Å². The van der Waals surface area contributed by atoms with Crippen molar-refractivity contribution >= 4 is 23.5 Å². The van der Waals surface area contributed by atoms with Crippen LogP contribution in [0.4, 0.5) is 10.5 Å². The third-order valence-electron chi connectivity index (χ3n) is 3.80. The van der Waals surface area contributed by atoms with Gasteiger partial charge in [0.15, 0.2) is 0 Å². The van der Waals surface area contributed by atoms with Gasteiger partial charge in [-0.15, -0.1) is 0 Å². The monoisotopic (exact) mass is 331 g/mol. The molecule has 0 aliphatic carbocycles. The summed E-state index contributed by atoms with van der Waals surface area (Å²) in [4.78, 5) is 16.4. The molecule has 0 saturated carbocycles. The van der Waals surface area contributed by atoms with E-state index in [0.29, 0.717) is 6.54 Å². The minimum absolute atomic E-state index is 0.0861. The van der Waals surface area contributed by atoms with Gasteiger partial charge in [0.1, 0.15) is 12.2 Å². The lowest BCUT2D eigenvalue weighted by Gasteiger charge is -2.23. The number of urea groups is 1. The smallest absolute Gasteiger partial charge is 0.319 e. The normalized spacial score (nSPS) is 16.7. The number of thioether (sulfide) groups is 1. The molecule has 0 radical (unpaired) electrons. The van der Waals surface area contributed by atoms with Crippen LogP contribution in [0.15, 0.2) is 30.6 Å². The molecule has 2 amide bonds. The number of carbonyl (C=O) groups excluding carboxylic acids is 1. The third-order valence-corrected chi connectivity index (χ3v) is 4.74. The van der Waals surface area contributed by atoms with E-state index in [1.54, 1.807) is 6.33 Å². The van der Waals surface area contributed by atoms with Crippen LogP contribution in [0.3, 0.4) is 0 Å². The Morgan fingerprint density at radius 1 is 1.48 bits per heavy atom. The maximum Gasteiger partial charge on any atom is 0.319 e. The van der Waals surface area contributed by atoms with E-state index in [4.69, 9.17) is 0 Å². The average molecular weight is 331 g/mol. The lowest BCUT2D eigenvalue weighted by atomic mass is 10.1. The van der Waals surface area contributed by atoms with Crippen molar-refractivity contribution in [2.24, 2.45) is 0 Å². The molecule has 2 heterocycles. The van der Waals surface area contributed by atoms with E-state index < -0.39 is 0 Å². The van der Waals surface area contributed by atoms with Gasteiger partial charge < -0.3 is 10.6 Å². The van der Waals surface area contributed by atoms with Crippen LogP contribution in [-0.4, -0.2) is 32.6 Å². The van der Waals surface area contributed by atoms with Crippen LogP contribution in [0, 0.1) is 0 Å². The standard InChI is InChI=1S/C16H21N5OS/c1-2-23-10-12-4-3-5-13(8-12)19-16(22)20-14-6-7-15-17-11-18-21(15)9-14/h3-5,8,11,14H,2,6-7,9-10H2,1H3,(H2,19,20,22)/t14-/m1/s1. The molecule has 0 fully saturated rings.